The van der Waals surface area contributed by atoms with Gasteiger partial charge in [-0.3, -0.25) is 14.7 Å². The van der Waals surface area contributed by atoms with Crippen molar-refractivity contribution in [1.29, 1.82) is 0 Å². The van der Waals surface area contributed by atoms with Crippen LogP contribution in [0.3, 0.4) is 0 Å². The molecule has 2 N–H and O–H groups in total. The Hall–Kier alpha value is -3.07. The Balaban J connectivity index is 1.76. The van der Waals surface area contributed by atoms with Gasteiger partial charge in [0.25, 0.3) is 5.91 Å². The highest BCUT2D eigenvalue weighted by atomic mass is 32.1. The van der Waals surface area contributed by atoms with Crippen LogP contribution in [0.15, 0.2) is 41.2 Å². The van der Waals surface area contributed by atoms with E-state index in [0.717, 1.165) is 11.5 Å². The van der Waals surface area contributed by atoms with E-state index in [1.165, 1.54) is 6.07 Å². The van der Waals surface area contributed by atoms with Crippen molar-refractivity contribution in [3.05, 3.63) is 68.6 Å². The van der Waals surface area contributed by atoms with E-state index in [1.54, 1.807) is 11.6 Å². The monoisotopic (exact) mass is 398 g/mol. The Morgan fingerprint density at radius 2 is 2.00 bits per heavy atom. The number of carbonyl (C=O) groups is 1. The highest BCUT2D eigenvalue weighted by Gasteiger charge is 2.16. The number of rotatable bonds is 6. The van der Waals surface area contributed by atoms with Crippen LogP contribution in [0.1, 0.15) is 41.9 Å². The summed E-state index contributed by atoms with van der Waals surface area (Å²) in [4.78, 5) is 24.8. The predicted octanol–water partition coefficient (Wildman–Crippen LogP) is 2.35. The molecule has 2 aromatic heterocycles. The molecule has 2 heterocycles. The summed E-state index contributed by atoms with van der Waals surface area (Å²) in [6.45, 7) is 6.11. The molecule has 0 aliphatic heterocycles. The third-order valence-corrected chi connectivity index (χ3v) is 4.54. The van der Waals surface area contributed by atoms with Gasteiger partial charge in [0.05, 0.1) is 5.69 Å². The summed E-state index contributed by atoms with van der Waals surface area (Å²) in [5.74, 6) is 0.235. The van der Waals surface area contributed by atoms with Crippen LogP contribution >= 0.6 is 12.2 Å². The van der Waals surface area contributed by atoms with Crippen LogP contribution in [0.2, 0.25) is 0 Å². The molecule has 3 aromatic rings. The van der Waals surface area contributed by atoms with Gasteiger partial charge in [0.2, 0.25) is 5.43 Å². The lowest BCUT2D eigenvalue weighted by Gasteiger charge is -2.12. The fourth-order valence-corrected chi connectivity index (χ4v) is 3.31. The van der Waals surface area contributed by atoms with E-state index in [-0.39, 0.29) is 11.7 Å². The van der Waals surface area contributed by atoms with E-state index < -0.39 is 11.3 Å². The molecule has 0 fully saturated rings. The summed E-state index contributed by atoms with van der Waals surface area (Å²) >= 11 is 5.22. The maximum Gasteiger partial charge on any atom is 0.275 e. The molecule has 3 rings (SSSR count). The number of nitrogens with zero attached hydrogens (tertiary/aromatic N) is 4. The molecule has 0 spiro atoms. The van der Waals surface area contributed by atoms with Gasteiger partial charge in [-0.2, -0.15) is 10.2 Å². The molecule has 0 bridgehead atoms. The van der Waals surface area contributed by atoms with Gasteiger partial charge in [-0.05, 0) is 45.1 Å². The summed E-state index contributed by atoms with van der Waals surface area (Å²) in [5, 5.41) is 14.0. The third kappa shape index (κ3) is 4.09. The molecule has 9 heteroatoms. The lowest BCUT2D eigenvalue weighted by molar-refractivity contribution is 0.0946. The second kappa shape index (κ2) is 8.30. The molecule has 28 heavy (non-hydrogen) atoms. The van der Waals surface area contributed by atoms with Crippen LogP contribution in [0.5, 0.6) is 0 Å². The molecule has 0 saturated carbocycles. The molecule has 0 saturated heterocycles. The van der Waals surface area contributed by atoms with Gasteiger partial charge in [-0.1, -0.05) is 18.2 Å². The molecule has 146 valence electrons. The molecule has 8 nitrogen and oxygen atoms in total. The van der Waals surface area contributed by atoms with Crippen LogP contribution in [0, 0.1) is 11.7 Å². The van der Waals surface area contributed by atoms with E-state index in [2.05, 4.69) is 20.6 Å². The Bertz CT molecular complexity index is 1100. The first kappa shape index (κ1) is 19.7. The smallest absolute Gasteiger partial charge is 0.275 e. The number of amides is 1. The van der Waals surface area contributed by atoms with Gasteiger partial charge < -0.3 is 9.88 Å². The highest BCUT2D eigenvalue weighted by molar-refractivity contribution is 7.71. The number of aromatic amines is 1. The van der Waals surface area contributed by atoms with Gasteiger partial charge in [-0.15, -0.1) is 0 Å². The number of carbonyl (C=O) groups excluding carboxylic acids is 1. The van der Waals surface area contributed by atoms with Crippen molar-refractivity contribution < 1.29 is 4.79 Å². The summed E-state index contributed by atoms with van der Waals surface area (Å²) in [6.07, 6.45) is 0.482. The van der Waals surface area contributed by atoms with Crippen molar-refractivity contribution in [2.75, 3.05) is 6.54 Å². The fraction of sp³-hybridized carbons (Fsp3) is 0.316. The van der Waals surface area contributed by atoms with Gasteiger partial charge >= 0.3 is 0 Å². The van der Waals surface area contributed by atoms with Crippen molar-refractivity contribution in [2.24, 2.45) is 0 Å². The number of para-hydroxylation sites is 1. The predicted molar refractivity (Wildman–Crippen MR) is 108 cm³/mol. The second-order valence-corrected chi connectivity index (χ2v) is 7.05. The van der Waals surface area contributed by atoms with Crippen LogP contribution in [0.4, 0.5) is 0 Å². The van der Waals surface area contributed by atoms with Crippen molar-refractivity contribution in [3.63, 3.8) is 0 Å². The van der Waals surface area contributed by atoms with Crippen LogP contribution < -0.4 is 10.7 Å². The molecule has 1 amide bonds. The Labute approximate surface area is 167 Å². The first-order valence-corrected chi connectivity index (χ1v) is 9.39. The second-order valence-electron chi connectivity index (χ2n) is 6.66. The van der Waals surface area contributed by atoms with Gasteiger partial charge in [0, 0.05) is 30.8 Å². The molecule has 0 unspecified atom stereocenters. The number of hydrogen-bond acceptors (Lipinski definition) is 5. The lowest BCUT2D eigenvalue weighted by Crippen LogP contribution is -2.33. The van der Waals surface area contributed by atoms with Crippen molar-refractivity contribution in [2.45, 2.75) is 33.2 Å². The summed E-state index contributed by atoms with van der Waals surface area (Å²) < 4.78 is 4.02. The van der Waals surface area contributed by atoms with Crippen molar-refractivity contribution in [1.82, 2.24) is 29.9 Å². The lowest BCUT2D eigenvalue weighted by atomic mass is 10.2. The normalized spacial score (nSPS) is 11.0. The molecular formula is C19H22N6O2S. The minimum Gasteiger partial charge on any atom is -0.350 e. The van der Waals surface area contributed by atoms with Gasteiger partial charge in [0.1, 0.15) is 5.82 Å². The van der Waals surface area contributed by atoms with Crippen LogP contribution in [-0.4, -0.2) is 37.0 Å². The van der Waals surface area contributed by atoms with Crippen molar-refractivity contribution in [3.8, 4) is 5.69 Å². The average Bonchev–Trinajstić information content (AvgIpc) is 3.03. The zero-order valence-electron chi connectivity index (χ0n) is 16.0. The van der Waals surface area contributed by atoms with Gasteiger partial charge in [0.15, 0.2) is 10.5 Å². The largest absolute Gasteiger partial charge is 0.350 e. The maximum absolute atomic E-state index is 12.5. The van der Waals surface area contributed by atoms with Crippen LogP contribution in [0.25, 0.3) is 5.69 Å². The Morgan fingerprint density at radius 3 is 2.68 bits per heavy atom. The molecule has 0 radical (unpaired) electrons. The number of hydrogen-bond donors (Lipinski definition) is 2. The Kier molecular flexibility index (Phi) is 5.84. The third-order valence-electron chi connectivity index (χ3n) is 4.25. The van der Waals surface area contributed by atoms with E-state index >= 15 is 0 Å². The minimum absolute atomic E-state index is 0.142. The van der Waals surface area contributed by atoms with E-state index in [9.17, 15) is 9.59 Å². The highest BCUT2D eigenvalue weighted by Crippen LogP contribution is 2.09. The van der Waals surface area contributed by atoms with E-state index in [4.69, 9.17) is 12.2 Å². The molecule has 0 aliphatic rings. The Morgan fingerprint density at radius 1 is 1.29 bits per heavy atom. The number of aromatic nitrogens is 5. The minimum atomic E-state index is -0.514. The zero-order valence-corrected chi connectivity index (χ0v) is 16.8. The van der Waals surface area contributed by atoms with Crippen molar-refractivity contribution >= 4 is 18.1 Å². The summed E-state index contributed by atoms with van der Waals surface area (Å²) in [6, 6.07) is 10.9. The average molecular weight is 398 g/mol. The van der Waals surface area contributed by atoms with E-state index in [0.29, 0.717) is 23.4 Å². The standard InChI is InChI=1S/C19H22N6O2S/c1-12(2)24-16(21-22-19(24)28)9-10-20-18(27)17-15(26)11-13(3)25(23-17)14-7-5-4-6-8-14/h4-8,11-12H,9-10H2,1-3H3,(H,20,27)(H,22,28). The topological polar surface area (TPSA) is 97.6 Å². The number of aryl methyl sites for hydroxylation is 1. The fourth-order valence-electron chi connectivity index (χ4n) is 2.95. The van der Waals surface area contributed by atoms with Crippen LogP contribution in [-0.2, 0) is 6.42 Å². The number of benzene rings is 1. The molecule has 1 aromatic carbocycles. The zero-order chi connectivity index (χ0) is 20.3. The quantitative estimate of drug-likeness (QED) is 0.621. The molecule has 0 aliphatic carbocycles. The number of H-pyrrole nitrogens is 1. The van der Waals surface area contributed by atoms with Gasteiger partial charge in [-0.25, -0.2) is 4.68 Å². The molecular weight excluding hydrogens is 376 g/mol. The summed E-state index contributed by atoms with van der Waals surface area (Å²) in [5.41, 5.74) is 0.881. The van der Waals surface area contributed by atoms with E-state index in [1.807, 2.05) is 48.7 Å². The first-order valence-electron chi connectivity index (χ1n) is 8.99. The first-order chi connectivity index (χ1) is 13.4. The number of nitrogens with one attached hydrogen (secondary N) is 2. The SMILES string of the molecule is Cc1cc(=O)c(C(=O)NCCc2n[nH]c(=S)n2C(C)C)nn1-c1ccccc1. The molecule has 0 atom stereocenters. The maximum atomic E-state index is 12.5. The summed E-state index contributed by atoms with van der Waals surface area (Å²) in [7, 11) is 0.